The van der Waals surface area contributed by atoms with Gasteiger partial charge in [0.25, 0.3) is 6.43 Å². The van der Waals surface area contributed by atoms with Gasteiger partial charge in [-0.3, -0.25) is 9.48 Å². The van der Waals surface area contributed by atoms with E-state index in [4.69, 9.17) is 0 Å². The van der Waals surface area contributed by atoms with Gasteiger partial charge in [0.15, 0.2) is 11.5 Å². The van der Waals surface area contributed by atoms with Gasteiger partial charge in [0.2, 0.25) is 5.91 Å². The molecule has 1 saturated carbocycles. The first-order chi connectivity index (χ1) is 16.3. The second-order valence-corrected chi connectivity index (χ2v) is 9.10. The van der Waals surface area contributed by atoms with E-state index >= 15 is 0 Å². The maximum absolute atomic E-state index is 13.3. The molecule has 5 rings (SSSR count). The molecular weight excluding hydrogens is 460 g/mol. The Hall–Kier alpha value is -3.47. The molecule has 1 aliphatic rings. The number of amides is 1. The van der Waals surface area contributed by atoms with Crippen molar-refractivity contribution in [2.24, 2.45) is 13.0 Å². The van der Waals surface area contributed by atoms with Crippen molar-refractivity contribution in [3.05, 3.63) is 42.0 Å². The fourth-order valence-corrected chi connectivity index (χ4v) is 4.32. The van der Waals surface area contributed by atoms with Crippen LogP contribution in [-0.4, -0.2) is 36.9 Å². The van der Waals surface area contributed by atoms with Gasteiger partial charge in [-0.1, -0.05) is 6.07 Å². The van der Waals surface area contributed by atoms with E-state index in [-0.39, 0.29) is 23.3 Å². The number of hydrogen-bond donors (Lipinski definition) is 3. The SMILES string of the molecule is CSc1cc(-c2cnn(C)c2C)ccc1Nc1cc(NC(=O)C2CC2)nc2nc(C(F)F)[nH]c12. The molecule has 3 aromatic heterocycles. The number of alkyl halides is 2. The number of halogens is 2. The Morgan fingerprint density at radius 2 is 2.03 bits per heavy atom. The van der Waals surface area contributed by atoms with Crippen molar-refractivity contribution in [2.75, 3.05) is 16.9 Å². The average Bonchev–Trinajstić information content (AvgIpc) is 3.50. The highest BCUT2D eigenvalue weighted by Crippen LogP contribution is 2.36. The third kappa shape index (κ3) is 4.23. The predicted octanol–water partition coefficient (Wildman–Crippen LogP) is 5.42. The summed E-state index contributed by atoms with van der Waals surface area (Å²) in [7, 11) is 1.90. The van der Waals surface area contributed by atoms with E-state index in [0.717, 1.165) is 40.2 Å². The van der Waals surface area contributed by atoms with Crippen LogP contribution in [0, 0.1) is 12.8 Å². The van der Waals surface area contributed by atoms with E-state index in [1.807, 2.05) is 43.2 Å². The Kier molecular flexibility index (Phi) is 5.72. The zero-order chi connectivity index (χ0) is 24.0. The van der Waals surface area contributed by atoms with Crippen molar-refractivity contribution < 1.29 is 13.6 Å². The minimum absolute atomic E-state index is 0.0173. The predicted molar refractivity (Wildman–Crippen MR) is 129 cm³/mol. The topological polar surface area (TPSA) is 101 Å². The largest absolute Gasteiger partial charge is 0.353 e. The van der Waals surface area contributed by atoms with Crippen LogP contribution < -0.4 is 10.6 Å². The lowest BCUT2D eigenvalue weighted by molar-refractivity contribution is -0.117. The molecule has 1 aliphatic carbocycles. The molecule has 8 nitrogen and oxygen atoms in total. The fraction of sp³-hybridized carbons (Fsp3) is 0.304. The van der Waals surface area contributed by atoms with Crippen molar-refractivity contribution in [2.45, 2.75) is 31.1 Å². The monoisotopic (exact) mass is 483 g/mol. The Bertz CT molecular complexity index is 1390. The number of carbonyl (C=O) groups excluding carboxylic acids is 1. The number of fused-ring (bicyclic) bond motifs is 1. The minimum Gasteiger partial charge on any atom is -0.353 e. The molecule has 0 radical (unpaired) electrons. The highest BCUT2D eigenvalue weighted by atomic mass is 32.2. The van der Waals surface area contributed by atoms with E-state index in [9.17, 15) is 13.6 Å². The molecule has 3 N–H and O–H groups in total. The fourth-order valence-electron chi connectivity index (χ4n) is 3.73. The molecule has 176 valence electrons. The molecule has 4 aromatic rings. The van der Waals surface area contributed by atoms with Crippen LogP contribution in [-0.2, 0) is 11.8 Å². The summed E-state index contributed by atoms with van der Waals surface area (Å²) in [6.07, 6.45) is 2.72. The second-order valence-electron chi connectivity index (χ2n) is 8.25. The van der Waals surface area contributed by atoms with Crippen LogP contribution in [0.5, 0.6) is 0 Å². The van der Waals surface area contributed by atoms with Gasteiger partial charge < -0.3 is 15.6 Å². The first kappa shape index (κ1) is 22.3. The van der Waals surface area contributed by atoms with Gasteiger partial charge in [0.1, 0.15) is 11.3 Å². The summed E-state index contributed by atoms with van der Waals surface area (Å²) in [5, 5.41) is 10.4. The molecule has 0 aliphatic heterocycles. The van der Waals surface area contributed by atoms with Crippen molar-refractivity contribution in [1.82, 2.24) is 24.7 Å². The Morgan fingerprint density at radius 1 is 1.24 bits per heavy atom. The number of carbonyl (C=O) groups is 1. The number of anilines is 3. The zero-order valence-corrected chi connectivity index (χ0v) is 19.6. The minimum atomic E-state index is -2.77. The number of aromatic nitrogens is 5. The molecule has 1 aromatic carbocycles. The molecule has 3 heterocycles. The number of aryl methyl sites for hydroxylation is 1. The van der Waals surface area contributed by atoms with Crippen LogP contribution in [0.2, 0.25) is 0 Å². The first-order valence-electron chi connectivity index (χ1n) is 10.8. The normalized spacial score (nSPS) is 13.6. The third-order valence-corrected chi connectivity index (χ3v) is 6.68. The van der Waals surface area contributed by atoms with Crippen LogP contribution in [0.1, 0.15) is 30.8 Å². The highest BCUT2D eigenvalue weighted by molar-refractivity contribution is 7.98. The number of thioether (sulfide) groups is 1. The standard InChI is InChI=1S/C23H23F2N7OS/c1-11-14(10-26-32(11)2)13-6-7-15(17(8-13)34-3)27-16-9-18(29-23(33)12-4-5-12)28-21-19(16)30-22(31-21)20(24)25/h6-10,12,20H,4-5H2,1-3H3,(H3,27,28,29,30,31,33). The Balaban J connectivity index is 1.53. The lowest BCUT2D eigenvalue weighted by atomic mass is 10.1. The summed E-state index contributed by atoms with van der Waals surface area (Å²) in [5.41, 5.74) is 4.86. The van der Waals surface area contributed by atoms with Crippen LogP contribution in [0.15, 0.2) is 35.4 Å². The Labute approximate surface area is 198 Å². The number of aromatic amines is 1. The quantitative estimate of drug-likeness (QED) is 0.304. The lowest BCUT2D eigenvalue weighted by Gasteiger charge is -2.14. The molecule has 0 unspecified atom stereocenters. The molecule has 0 spiro atoms. The van der Waals surface area contributed by atoms with Crippen molar-refractivity contribution in [1.29, 1.82) is 0 Å². The highest BCUT2D eigenvalue weighted by Gasteiger charge is 2.30. The zero-order valence-electron chi connectivity index (χ0n) is 18.8. The van der Waals surface area contributed by atoms with Gasteiger partial charge in [-0.05, 0) is 43.7 Å². The molecule has 0 saturated heterocycles. The van der Waals surface area contributed by atoms with Crippen LogP contribution in [0.3, 0.4) is 0 Å². The second kappa shape index (κ2) is 8.71. The van der Waals surface area contributed by atoms with E-state index in [1.165, 1.54) is 0 Å². The average molecular weight is 484 g/mol. The van der Waals surface area contributed by atoms with Gasteiger partial charge in [-0.25, -0.2) is 18.7 Å². The molecule has 11 heteroatoms. The maximum Gasteiger partial charge on any atom is 0.295 e. The summed E-state index contributed by atoms with van der Waals surface area (Å²) >= 11 is 1.56. The van der Waals surface area contributed by atoms with E-state index in [0.29, 0.717) is 11.2 Å². The number of benzene rings is 1. The third-order valence-electron chi connectivity index (χ3n) is 5.90. The number of H-pyrrole nitrogens is 1. The number of nitrogens with one attached hydrogen (secondary N) is 3. The number of imidazole rings is 1. The molecule has 1 fully saturated rings. The van der Waals surface area contributed by atoms with Gasteiger partial charge in [0.05, 0.1) is 17.6 Å². The van der Waals surface area contributed by atoms with E-state index < -0.39 is 12.2 Å². The van der Waals surface area contributed by atoms with Crippen LogP contribution >= 0.6 is 11.8 Å². The molecular formula is C23H23F2N7OS. The Morgan fingerprint density at radius 3 is 2.68 bits per heavy atom. The maximum atomic E-state index is 13.3. The number of nitrogens with zero attached hydrogens (tertiary/aromatic N) is 4. The lowest BCUT2D eigenvalue weighted by Crippen LogP contribution is -2.14. The number of hydrogen-bond acceptors (Lipinski definition) is 6. The molecule has 0 bridgehead atoms. The van der Waals surface area contributed by atoms with Crippen LogP contribution in [0.4, 0.5) is 26.0 Å². The smallest absolute Gasteiger partial charge is 0.295 e. The van der Waals surface area contributed by atoms with Gasteiger partial charge in [-0.15, -0.1) is 11.8 Å². The van der Waals surface area contributed by atoms with Crippen molar-refractivity contribution in [3.8, 4) is 11.1 Å². The van der Waals surface area contributed by atoms with Gasteiger partial charge >= 0.3 is 0 Å². The number of rotatable bonds is 7. The summed E-state index contributed by atoms with van der Waals surface area (Å²) < 4.78 is 28.5. The number of pyridine rings is 1. The summed E-state index contributed by atoms with van der Waals surface area (Å²) in [6, 6.07) is 7.62. The molecule has 0 atom stereocenters. The van der Waals surface area contributed by atoms with E-state index in [2.05, 4.69) is 36.8 Å². The van der Waals surface area contributed by atoms with Gasteiger partial charge in [0, 0.05) is 35.2 Å². The van der Waals surface area contributed by atoms with Crippen molar-refractivity contribution in [3.63, 3.8) is 0 Å². The van der Waals surface area contributed by atoms with Gasteiger partial charge in [-0.2, -0.15) is 5.10 Å². The molecule has 34 heavy (non-hydrogen) atoms. The summed E-state index contributed by atoms with van der Waals surface area (Å²) in [6.45, 7) is 2.01. The summed E-state index contributed by atoms with van der Waals surface area (Å²) in [4.78, 5) is 24.1. The summed E-state index contributed by atoms with van der Waals surface area (Å²) in [5.74, 6) is -0.337. The van der Waals surface area contributed by atoms with Crippen molar-refractivity contribution >= 4 is 46.0 Å². The first-order valence-corrected chi connectivity index (χ1v) is 12.0. The van der Waals surface area contributed by atoms with E-state index in [1.54, 1.807) is 17.8 Å². The molecule has 1 amide bonds. The van der Waals surface area contributed by atoms with Crippen LogP contribution in [0.25, 0.3) is 22.3 Å².